The Morgan fingerprint density at radius 3 is 2.79 bits per heavy atom. The van der Waals surface area contributed by atoms with Gasteiger partial charge in [-0.15, -0.1) is 0 Å². The first kappa shape index (κ1) is 23.0. The zero-order valence-electron chi connectivity index (χ0n) is 19.2. The minimum atomic E-state index is -0.537. The summed E-state index contributed by atoms with van der Waals surface area (Å²) in [5.74, 6) is -0.537. The van der Waals surface area contributed by atoms with Gasteiger partial charge in [-0.1, -0.05) is 6.07 Å². The van der Waals surface area contributed by atoms with E-state index in [0.29, 0.717) is 36.4 Å². The molecule has 0 aliphatic heterocycles. The van der Waals surface area contributed by atoms with Gasteiger partial charge < -0.3 is 9.30 Å². The molecule has 4 rings (SSSR count). The Morgan fingerprint density at radius 1 is 1.26 bits per heavy atom. The zero-order chi connectivity index (χ0) is 24.2. The number of hydrogen-bond acceptors (Lipinski definition) is 6. The number of nitriles is 1. The Balaban J connectivity index is 2.01. The summed E-state index contributed by atoms with van der Waals surface area (Å²) in [7, 11) is 0. The lowest BCUT2D eigenvalue weighted by molar-refractivity contribution is 0.0748. The first-order valence-corrected chi connectivity index (χ1v) is 11.0. The lowest BCUT2D eigenvalue weighted by Gasteiger charge is -2.15. The van der Waals surface area contributed by atoms with Crippen molar-refractivity contribution in [3.63, 3.8) is 0 Å². The molecule has 9 heteroatoms. The minimum Gasteiger partial charge on any atom is -0.379 e. The summed E-state index contributed by atoms with van der Waals surface area (Å²) < 4.78 is 8.79. The second-order valence-corrected chi connectivity index (χ2v) is 8.12. The van der Waals surface area contributed by atoms with E-state index in [1.807, 2.05) is 26.8 Å². The third-order valence-electron chi connectivity index (χ3n) is 5.32. The molecule has 0 aliphatic carbocycles. The van der Waals surface area contributed by atoms with Gasteiger partial charge in [-0.3, -0.25) is 19.0 Å². The number of aromatic nitrogens is 4. The molecule has 0 saturated heterocycles. The third kappa shape index (κ3) is 4.49. The van der Waals surface area contributed by atoms with Crippen LogP contribution >= 0.6 is 0 Å². The quantitative estimate of drug-likeness (QED) is 0.326. The van der Waals surface area contributed by atoms with Crippen LogP contribution in [0, 0.1) is 18.3 Å². The van der Waals surface area contributed by atoms with Crippen molar-refractivity contribution in [2.75, 3.05) is 6.61 Å². The molecule has 0 saturated carbocycles. The van der Waals surface area contributed by atoms with E-state index in [4.69, 9.17) is 9.72 Å². The highest BCUT2D eigenvalue weighted by molar-refractivity contribution is 5.94. The van der Waals surface area contributed by atoms with E-state index in [2.05, 4.69) is 16.0 Å². The van der Waals surface area contributed by atoms with Crippen LogP contribution in [-0.2, 0) is 11.3 Å². The minimum absolute atomic E-state index is 0.0675. The molecule has 0 bridgehead atoms. The van der Waals surface area contributed by atoms with Crippen molar-refractivity contribution in [1.82, 2.24) is 18.9 Å². The lowest BCUT2D eigenvalue weighted by Crippen LogP contribution is -2.30. The number of rotatable bonds is 6. The zero-order valence-corrected chi connectivity index (χ0v) is 19.2. The predicted octanol–water partition coefficient (Wildman–Crippen LogP) is 2.78. The van der Waals surface area contributed by atoms with E-state index in [9.17, 15) is 14.9 Å². The Hall–Kier alpha value is -4.16. The highest BCUT2D eigenvalue weighted by Crippen LogP contribution is 2.13. The van der Waals surface area contributed by atoms with Crippen molar-refractivity contribution < 1.29 is 9.53 Å². The van der Waals surface area contributed by atoms with Crippen molar-refractivity contribution >= 4 is 22.6 Å². The fourth-order valence-corrected chi connectivity index (χ4v) is 3.69. The second-order valence-electron chi connectivity index (χ2n) is 8.12. The van der Waals surface area contributed by atoms with Gasteiger partial charge >= 0.3 is 0 Å². The molecule has 0 aliphatic rings. The van der Waals surface area contributed by atoms with E-state index in [1.54, 1.807) is 35.2 Å². The maximum absolute atomic E-state index is 13.3. The summed E-state index contributed by atoms with van der Waals surface area (Å²) in [5.41, 5.74) is 1.95. The van der Waals surface area contributed by atoms with Crippen LogP contribution in [0.5, 0.6) is 0 Å². The summed E-state index contributed by atoms with van der Waals surface area (Å²) in [4.78, 5) is 39.2. The van der Waals surface area contributed by atoms with Gasteiger partial charge in [0.25, 0.3) is 11.5 Å². The van der Waals surface area contributed by atoms with Crippen LogP contribution in [0.3, 0.4) is 0 Å². The second kappa shape index (κ2) is 9.77. The summed E-state index contributed by atoms with van der Waals surface area (Å²) in [6.45, 7) is 6.58. The van der Waals surface area contributed by atoms with Crippen molar-refractivity contribution in [3.8, 4) is 6.07 Å². The van der Waals surface area contributed by atoms with Crippen LogP contribution in [-0.4, -0.2) is 37.6 Å². The number of aryl methyl sites for hydroxylation is 2. The van der Waals surface area contributed by atoms with Gasteiger partial charge in [-0.25, -0.2) is 4.98 Å². The van der Waals surface area contributed by atoms with Crippen molar-refractivity contribution in [2.45, 2.75) is 39.8 Å². The van der Waals surface area contributed by atoms with E-state index < -0.39 is 5.91 Å². The van der Waals surface area contributed by atoms with Gasteiger partial charge in [0.15, 0.2) is 5.49 Å². The van der Waals surface area contributed by atoms with Crippen LogP contribution in [0.2, 0.25) is 0 Å². The van der Waals surface area contributed by atoms with Gasteiger partial charge in [0.05, 0.1) is 22.6 Å². The number of nitrogens with zero attached hydrogens (tertiary/aromatic N) is 6. The Morgan fingerprint density at radius 2 is 2.09 bits per heavy atom. The fourth-order valence-electron chi connectivity index (χ4n) is 3.69. The van der Waals surface area contributed by atoms with Gasteiger partial charge in [-0.2, -0.15) is 10.3 Å². The number of ether oxygens (including phenoxy) is 1. The molecule has 0 N–H and O–H groups in total. The average Bonchev–Trinajstić information content (AvgIpc) is 2.83. The van der Waals surface area contributed by atoms with Crippen LogP contribution < -0.4 is 11.0 Å². The number of fused-ring (bicyclic) bond motifs is 2. The van der Waals surface area contributed by atoms with Crippen molar-refractivity contribution in [1.29, 1.82) is 5.26 Å². The van der Waals surface area contributed by atoms with Crippen LogP contribution in [0.15, 0.2) is 58.7 Å². The Kier molecular flexibility index (Phi) is 6.61. The third-order valence-corrected chi connectivity index (χ3v) is 5.32. The highest BCUT2D eigenvalue weighted by atomic mass is 16.5. The van der Waals surface area contributed by atoms with Crippen LogP contribution in [0.25, 0.3) is 16.7 Å². The summed E-state index contributed by atoms with van der Waals surface area (Å²) in [6.07, 6.45) is 5.27. The number of carbonyl (C=O) groups excluding carboxylic acids is 1. The standard InChI is InChI=1S/C25H24N6O3/c1-16(2)34-12-6-11-30-22(29-24(32)18-8-4-9-27-15-18)19(14-26)13-20-23(30)28-21-17(3)7-5-10-31(21)25(20)33/h4-5,7-10,13,15-16H,6,11-12H2,1-3H3. The topological polar surface area (TPSA) is 115 Å². The first-order valence-electron chi connectivity index (χ1n) is 11.0. The fraction of sp³-hybridized carbons (Fsp3) is 0.280. The van der Waals surface area contributed by atoms with E-state index in [0.717, 1.165) is 5.56 Å². The highest BCUT2D eigenvalue weighted by Gasteiger charge is 2.16. The first-order chi connectivity index (χ1) is 16.4. The molecule has 0 spiro atoms. The van der Waals surface area contributed by atoms with E-state index in [1.165, 1.54) is 16.7 Å². The maximum atomic E-state index is 13.3. The summed E-state index contributed by atoms with van der Waals surface area (Å²) >= 11 is 0. The largest absolute Gasteiger partial charge is 0.379 e. The molecule has 0 aromatic carbocycles. The Bertz CT molecular complexity index is 1550. The molecule has 9 nitrogen and oxygen atoms in total. The number of hydrogen-bond donors (Lipinski definition) is 0. The number of carbonyl (C=O) groups is 1. The van der Waals surface area contributed by atoms with Gasteiger partial charge in [-0.05, 0) is 57.0 Å². The molecule has 1 amide bonds. The van der Waals surface area contributed by atoms with Crippen molar-refractivity contribution in [2.24, 2.45) is 4.99 Å². The predicted molar refractivity (Wildman–Crippen MR) is 126 cm³/mol. The molecule has 0 unspecified atom stereocenters. The van der Waals surface area contributed by atoms with Gasteiger partial charge in [0, 0.05) is 31.7 Å². The molecule has 0 fully saturated rings. The summed E-state index contributed by atoms with van der Waals surface area (Å²) in [5, 5.41) is 10.2. The monoisotopic (exact) mass is 456 g/mol. The number of amides is 1. The molecular formula is C25H24N6O3. The molecule has 0 atom stereocenters. The Labute approximate surface area is 195 Å². The lowest BCUT2D eigenvalue weighted by atomic mass is 10.2. The molecule has 34 heavy (non-hydrogen) atoms. The van der Waals surface area contributed by atoms with Gasteiger partial charge in [0.1, 0.15) is 17.4 Å². The summed E-state index contributed by atoms with van der Waals surface area (Å²) in [6, 6.07) is 10.4. The van der Waals surface area contributed by atoms with Crippen LogP contribution in [0.1, 0.15) is 41.8 Å². The molecule has 172 valence electrons. The molecule has 4 aromatic heterocycles. The normalized spacial score (nSPS) is 11.9. The average molecular weight is 457 g/mol. The smallest absolute Gasteiger partial charge is 0.280 e. The maximum Gasteiger partial charge on any atom is 0.280 e. The molecule has 0 radical (unpaired) electrons. The molecule has 4 aromatic rings. The van der Waals surface area contributed by atoms with Gasteiger partial charge in [0.2, 0.25) is 0 Å². The van der Waals surface area contributed by atoms with E-state index in [-0.39, 0.29) is 28.1 Å². The van der Waals surface area contributed by atoms with Crippen LogP contribution in [0.4, 0.5) is 0 Å². The SMILES string of the molecule is Cc1cccn2c(=O)c3cc(C#N)c(=NC(=O)c4cccnc4)n(CCCOC(C)C)c3nc12. The molecular weight excluding hydrogens is 432 g/mol. The number of pyridine rings is 3. The van der Waals surface area contributed by atoms with Crippen molar-refractivity contribution in [3.05, 3.63) is 81.5 Å². The molecule has 4 heterocycles. The van der Waals surface area contributed by atoms with E-state index >= 15 is 0 Å².